The van der Waals surface area contributed by atoms with Crippen LogP contribution in [0.3, 0.4) is 0 Å². The number of amides is 2. The maximum Gasteiger partial charge on any atom is 0.271 e. The van der Waals surface area contributed by atoms with Crippen molar-refractivity contribution in [3.8, 4) is 0 Å². The molecule has 22 heavy (non-hydrogen) atoms. The average molecular weight is 416 g/mol. The fraction of sp³-hybridized carbons (Fsp3) is 0.385. The molecular weight excluding hydrogens is 399 g/mol. The van der Waals surface area contributed by atoms with Crippen LogP contribution in [0.5, 0.6) is 0 Å². The van der Waals surface area contributed by atoms with E-state index in [1.165, 1.54) is 0 Å². The van der Waals surface area contributed by atoms with Crippen LogP contribution in [0.2, 0.25) is 0 Å². The van der Waals surface area contributed by atoms with Crippen LogP contribution in [0, 0.1) is 10.5 Å². The zero-order valence-corrected chi connectivity index (χ0v) is 14.5. The number of aromatic nitrogens is 4. The van der Waals surface area contributed by atoms with Crippen LogP contribution in [0.25, 0.3) is 0 Å². The van der Waals surface area contributed by atoms with Gasteiger partial charge >= 0.3 is 0 Å². The molecule has 0 bridgehead atoms. The molecule has 2 aromatic rings. The highest BCUT2D eigenvalue weighted by molar-refractivity contribution is 14.1. The fourth-order valence-electron chi connectivity index (χ4n) is 1.89. The summed E-state index contributed by atoms with van der Waals surface area (Å²) in [6.07, 6.45) is 3.72. The number of nitrogens with one attached hydrogen (secondary N) is 1. The Labute approximate surface area is 141 Å². The first-order chi connectivity index (χ1) is 10.4. The van der Waals surface area contributed by atoms with Crippen molar-refractivity contribution >= 4 is 40.1 Å². The van der Waals surface area contributed by atoms with Gasteiger partial charge in [0.2, 0.25) is 5.91 Å². The van der Waals surface area contributed by atoms with Gasteiger partial charge in [-0.25, -0.2) is 0 Å². The number of nitrogens with two attached hydrogens (primary N) is 1. The molecule has 9 heteroatoms. The predicted molar refractivity (Wildman–Crippen MR) is 89.3 cm³/mol. The molecule has 0 saturated heterocycles. The van der Waals surface area contributed by atoms with E-state index in [0.29, 0.717) is 18.8 Å². The highest BCUT2D eigenvalue weighted by Gasteiger charge is 2.16. The lowest BCUT2D eigenvalue weighted by Crippen LogP contribution is -2.19. The van der Waals surface area contributed by atoms with Crippen LogP contribution in [0.1, 0.15) is 29.5 Å². The molecule has 0 fully saturated rings. The summed E-state index contributed by atoms with van der Waals surface area (Å²) < 4.78 is 4.33. The average Bonchev–Trinajstić information content (AvgIpc) is 3.01. The summed E-state index contributed by atoms with van der Waals surface area (Å²) in [5.74, 6) is -0.888. The Morgan fingerprint density at radius 3 is 2.59 bits per heavy atom. The third-order valence-corrected chi connectivity index (χ3v) is 4.11. The second-order valence-electron chi connectivity index (χ2n) is 4.74. The SMILES string of the molecule is CCn1cc(NC(=O)CCn2cc(I)c(C)n2)c(C(N)=O)n1. The van der Waals surface area contributed by atoms with Crippen molar-refractivity contribution in [1.29, 1.82) is 0 Å². The Morgan fingerprint density at radius 1 is 1.32 bits per heavy atom. The number of rotatable bonds is 6. The van der Waals surface area contributed by atoms with Crippen LogP contribution < -0.4 is 11.1 Å². The van der Waals surface area contributed by atoms with E-state index in [-0.39, 0.29) is 18.0 Å². The zero-order valence-electron chi connectivity index (χ0n) is 12.3. The highest BCUT2D eigenvalue weighted by Crippen LogP contribution is 2.14. The number of anilines is 1. The number of carbonyl (C=O) groups excluding carboxylic acids is 2. The molecule has 0 unspecified atom stereocenters. The lowest BCUT2D eigenvalue weighted by Gasteiger charge is -2.04. The number of nitrogens with zero attached hydrogens (tertiary/aromatic N) is 4. The Kier molecular flexibility index (Phi) is 5.16. The standard InChI is InChI=1S/C13H17IN6O2/c1-3-19-7-10(12(18-19)13(15)22)16-11(21)4-5-20-6-9(14)8(2)17-20/h6-7H,3-5H2,1-2H3,(H2,15,22)(H,16,21). The van der Waals surface area contributed by atoms with Crippen molar-refractivity contribution < 1.29 is 9.59 Å². The number of halogens is 1. The summed E-state index contributed by atoms with van der Waals surface area (Å²) in [4.78, 5) is 23.3. The van der Waals surface area contributed by atoms with Crippen LogP contribution in [-0.2, 0) is 17.9 Å². The molecule has 2 heterocycles. The van der Waals surface area contributed by atoms with Gasteiger partial charge in [-0.2, -0.15) is 10.2 Å². The molecule has 0 spiro atoms. The van der Waals surface area contributed by atoms with E-state index in [9.17, 15) is 9.59 Å². The predicted octanol–water partition coefficient (Wildman–Crippen LogP) is 1.14. The zero-order chi connectivity index (χ0) is 16.3. The Bertz CT molecular complexity index is 686. The number of aryl methyl sites for hydroxylation is 3. The van der Waals surface area contributed by atoms with Gasteiger partial charge in [-0.1, -0.05) is 0 Å². The third-order valence-electron chi connectivity index (χ3n) is 3.05. The molecule has 0 aliphatic heterocycles. The van der Waals surface area contributed by atoms with Gasteiger partial charge < -0.3 is 11.1 Å². The van der Waals surface area contributed by atoms with Crippen LogP contribution >= 0.6 is 22.6 Å². The first-order valence-electron chi connectivity index (χ1n) is 6.77. The van der Waals surface area contributed by atoms with E-state index in [4.69, 9.17) is 5.73 Å². The molecule has 8 nitrogen and oxygen atoms in total. The van der Waals surface area contributed by atoms with Crippen molar-refractivity contribution in [1.82, 2.24) is 19.6 Å². The maximum absolute atomic E-state index is 12.0. The molecule has 0 aliphatic rings. The summed E-state index contributed by atoms with van der Waals surface area (Å²) in [5, 5.41) is 11.0. The van der Waals surface area contributed by atoms with Crippen molar-refractivity contribution in [2.24, 2.45) is 5.73 Å². The molecule has 0 radical (unpaired) electrons. The molecule has 118 valence electrons. The number of primary amides is 1. The monoisotopic (exact) mass is 416 g/mol. The van der Waals surface area contributed by atoms with Gasteiger partial charge in [0, 0.05) is 31.9 Å². The number of hydrogen-bond acceptors (Lipinski definition) is 4. The van der Waals surface area contributed by atoms with Crippen molar-refractivity contribution in [2.45, 2.75) is 33.4 Å². The molecular formula is C13H17IN6O2. The number of carbonyl (C=O) groups is 2. The van der Waals surface area contributed by atoms with Gasteiger partial charge in [0.1, 0.15) is 0 Å². The highest BCUT2D eigenvalue weighted by atomic mass is 127. The smallest absolute Gasteiger partial charge is 0.271 e. The minimum atomic E-state index is -0.667. The normalized spacial score (nSPS) is 10.7. The molecule has 0 atom stereocenters. The summed E-state index contributed by atoms with van der Waals surface area (Å²) in [6, 6.07) is 0. The fourth-order valence-corrected chi connectivity index (χ4v) is 2.32. The van der Waals surface area contributed by atoms with E-state index in [0.717, 1.165) is 9.26 Å². The Hall–Kier alpha value is -1.91. The second-order valence-corrected chi connectivity index (χ2v) is 5.90. The summed E-state index contributed by atoms with van der Waals surface area (Å²) in [7, 11) is 0. The molecule has 0 aliphatic carbocycles. The van der Waals surface area contributed by atoms with E-state index >= 15 is 0 Å². The Morgan fingerprint density at radius 2 is 2.05 bits per heavy atom. The molecule has 2 aromatic heterocycles. The minimum absolute atomic E-state index is 0.0692. The van der Waals surface area contributed by atoms with Crippen molar-refractivity contribution in [2.75, 3.05) is 5.32 Å². The van der Waals surface area contributed by atoms with Crippen molar-refractivity contribution in [3.63, 3.8) is 0 Å². The van der Waals surface area contributed by atoms with Gasteiger partial charge in [-0.3, -0.25) is 19.0 Å². The molecule has 2 rings (SSSR count). The number of hydrogen-bond donors (Lipinski definition) is 2. The maximum atomic E-state index is 12.0. The lowest BCUT2D eigenvalue weighted by atomic mass is 10.3. The topological polar surface area (TPSA) is 108 Å². The van der Waals surface area contributed by atoms with Gasteiger partial charge in [-0.05, 0) is 36.4 Å². The molecule has 0 aromatic carbocycles. The van der Waals surface area contributed by atoms with E-state index in [1.54, 1.807) is 15.6 Å². The largest absolute Gasteiger partial charge is 0.364 e. The second kappa shape index (κ2) is 6.90. The van der Waals surface area contributed by atoms with E-state index in [2.05, 4.69) is 38.1 Å². The molecule has 0 saturated carbocycles. The Balaban J connectivity index is 1.99. The van der Waals surface area contributed by atoms with Crippen LogP contribution in [0.4, 0.5) is 5.69 Å². The molecule has 3 N–H and O–H groups in total. The van der Waals surface area contributed by atoms with Gasteiger partial charge in [-0.15, -0.1) is 0 Å². The van der Waals surface area contributed by atoms with Crippen molar-refractivity contribution in [3.05, 3.63) is 27.4 Å². The minimum Gasteiger partial charge on any atom is -0.364 e. The van der Waals surface area contributed by atoms with Crippen LogP contribution in [-0.4, -0.2) is 31.4 Å². The van der Waals surface area contributed by atoms with Gasteiger partial charge in [0.05, 0.1) is 15.0 Å². The summed E-state index contributed by atoms with van der Waals surface area (Å²) in [5.41, 5.74) is 6.60. The third kappa shape index (κ3) is 3.84. The van der Waals surface area contributed by atoms with E-state index < -0.39 is 5.91 Å². The summed E-state index contributed by atoms with van der Waals surface area (Å²) >= 11 is 2.19. The van der Waals surface area contributed by atoms with E-state index in [1.807, 2.05) is 20.0 Å². The quantitative estimate of drug-likeness (QED) is 0.689. The lowest BCUT2D eigenvalue weighted by molar-refractivity contribution is -0.116. The molecule has 2 amide bonds. The van der Waals surface area contributed by atoms with Crippen LogP contribution in [0.15, 0.2) is 12.4 Å². The van der Waals surface area contributed by atoms with Gasteiger partial charge in [0.15, 0.2) is 5.69 Å². The first kappa shape index (κ1) is 16.5. The first-order valence-corrected chi connectivity index (χ1v) is 7.85. The van der Waals surface area contributed by atoms with Gasteiger partial charge in [0.25, 0.3) is 5.91 Å². The summed E-state index contributed by atoms with van der Waals surface area (Å²) in [6.45, 7) is 4.84.